The van der Waals surface area contributed by atoms with Gasteiger partial charge >= 0.3 is 5.97 Å². The standard InChI is InChI=1S/C20H25N3O4S/c24-18(21-7-1-2-19(25)26)12-17-14-28-20(22-17)16-5-3-15(4-6-16)13-23-8-10-27-11-9-23/h3-6,14H,1-2,7-13H2,(H,21,24)(H,25,26). The molecule has 2 aromatic rings. The minimum atomic E-state index is -0.852. The van der Waals surface area contributed by atoms with Crippen LogP contribution in [0.15, 0.2) is 29.6 Å². The second-order valence-electron chi connectivity index (χ2n) is 6.75. The molecule has 0 saturated carbocycles. The number of hydrogen-bond acceptors (Lipinski definition) is 6. The largest absolute Gasteiger partial charge is 0.481 e. The van der Waals surface area contributed by atoms with Gasteiger partial charge in [0.15, 0.2) is 0 Å². The van der Waals surface area contributed by atoms with E-state index >= 15 is 0 Å². The summed E-state index contributed by atoms with van der Waals surface area (Å²) in [6.45, 7) is 4.83. The Morgan fingerprint density at radius 3 is 2.68 bits per heavy atom. The van der Waals surface area contributed by atoms with E-state index in [4.69, 9.17) is 9.84 Å². The molecule has 0 bridgehead atoms. The maximum absolute atomic E-state index is 11.9. The number of hydrogen-bond donors (Lipinski definition) is 2. The maximum Gasteiger partial charge on any atom is 0.303 e. The monoisotopic (exact) mass is 403 g/mol. The number of thiazole rings is 1. The number of benzene rings is 1. The summed E-state index contributed by atoms with van der Waals surface area (Å²) in [6, 6.07) is 8.40. The number of nitrogens with zero attached hydrogens (tertiary/aromatic N) is 2. The van der Waals surface area contributed by atoms with E-state index in [1.54, 1.807) is 0 Å². The lowest BCUT2D eigenvalue weighted by molar-refractivity contribution is -0.137. The predicted molar refractivity (Wildman–Crippen MR) is 107 cm³/mol. The number of carbonyl (C=O) groups is 2. The van der Waals surface area contributed by atoms with Crippen LogP contribution in [0.4, 0.5) is 0 Å². The Labute approximate surface area is 168 Å². The molecule has 2 N–H and O–H groups in total. The predicted octanol–water partition coefficient (Wildman–Crippen LogP) is 2.17. The third-order valence-corrected chi connectivity index (χ3v) is 5.43. The molecule has 1 aliphatic heterocycles. The molecule has 0 radical (unpaired) electrons. The van der Waals surface area contributed by atoms with Crippen LogP contribution in [-0.2, 0) is 27.3 Å². The first-order valence-electron chi connectivity index (χ1n) is 9.42. The number of carboxylic acids is 1. The van der Waals surface area contributed by atoms with E-state index in [0.717, 1.165) is 49.1 Å². The Morgan fingerprint density at radius 2 is 1.96 bits per heavy atom. The molecule has 1 fully saturated rings. The first kappa shape index (κ1) is 20.4. The smallest absolute Gasteiger partial charge is 0.303 e. The van der Waals surface area contributed by atoms with Crippen molar-refractivity contribution in [1.82, 2.24) is 15.2 Å². The van der Waals surface area contributed by atoms with Crippen molar-refractivity contribution < 1.29 is 19.4 Å². The van der Waals surface area contributed by atoms with Gasteiger partial charge in [0.25, 0.3) is 0 Å². The van der Waals surface area contributed by atoms with Crippen molar-refractivity contribution in [3.63, 3.8) is 0 Å². The number of aliphatic carboxylic acids is 1. The molecule has 0 spiro atoms. The summed E-state index contributed by atoms with van der Waals surface area (Å²) in [4.78, 5) is 29.3. The molecule has 7 nitrogen and oxygen atoms in total. The van der Waals surface area contributed by atoms with Gasteiger partial charge in [0.2, 0.25) is 5.91 Å². The van der Waals surface area contributed by atoms with E-state index in [-0.39, 0.29) is 18.7 Å². The number of ether oxygens (including phenoxy) is 1. The first-order valence-corrected chi connectivity index (χ1v) is 10.3. The van der Waals surface area contributed by atoms with Crippen LogP contribution in [0.5, 0.6) is 0 Å². The highest BCUT2D eigenvalue weighted by atomic mass is 32.1. The zero-order valence-electron chi connectivity index (χ0n) is 15.7. The molecule has 0 unspecified atom stereocenters. The van der Waals surface area contributed by atoms with Crippen molar-refractivity contribution in [2.75, 3.05) is 32.8 Å². The summed E-state index contributed by atoms with van der Waals surface area (Å²) < 4.78 is 5.38. The van der Waals surface area contributed by atoms with Gasteiger partial charge in [-0.1, -0.05) is 24.3 Å². The molecular weight excluding hydrogens is 378 g/mol. The molecule has 2 heterocycles. The van der Waals surface area contributed by atoms with E-state index in [1.165, 1.54) is 16.9 Å². The van der Waals surface area contributed by atoms with Gasteiger partial charge in [-0.25, -0.2) is 4.98 Å². The highest BCUT2D eigenvalue weighted by molar-refractivity contribution is 7.13. The number of nitrogens with one attached hydrogen (secondary N) is 1. The molecule has 8 heteroatoms. The van der Waals surface area contributed by atoms with Crippen LogP contribution in [0.3, 0.4) is 0 Å². The first-order chi connectivity index (χ1) is 13.6. The summed E-state index contributed by atoms with van der Waals surface area (Å²) in [7, 11) is 0. The van der Waals surface area contributed by atoms with Crippen molar-refractivity contribution in [3.05, 3.63) is 40.9 Å². The minimum absolute atomic E-state index is 0.0582. The Bertz CT molecular complexity index is 785. The highest BCUT2D eigenvalue weighted by Gasteiger charge is 2.12. The van der Waals surface area contributed by atoms with E-state index < -0.39 is 5.97 Å². The van der Waals surface area contributed by atoms with Gasteiger partial charge < -0.3 is 15.2 Å². The molecule has 28 heavy (non-hydrogen) atoms. The number of rotatable bonds is 9. The van der Waals surface area contributed by atoms with Gasteiger partial charge in [-0.3, -0.25) is 14.5 Å². The lowest BCUT2D eigenvalue weighted by Crippen LogP contribution is -2.35. The van der Waals surface area contributed by atoms with Crippen LogP contribution in [0, 0.1) is 0 Å². The van der Waals surface area contributed by atoms with Crippen molar-refractivity contribution in [3.8, 4) is 10.6 Å². The van der Waals surface area contributed by atoms with Gasteiger partial charge in [-0.05, 0) is 12.0 Å². The third kappa shape index (κ3) is 6.40. The Morgan fingerprint density at radius 1 is 1.21 bits per heavy atom. The van der Waals surface area contributed by atoms with Gasteiger partial charge in [-0.2, -0.15) is 0 Å². The fourth-order valence-electron chi connectivity index (χ4n) is 2.99. The quantitative estimate of drug-likeness (QED) is 0.624. The molecule has 3 rings (SSSR count). The number of morpholine rings is 1. The molecule has 1 saturated heterocycles. The van der Waals surface area contributed by atoms with Crippen molar-refractivity contribution in [2.45, 2.75) is 25.8 Å². The molecule has 1 aliphatic rings. The zero-order chi connectivity index (χ0) is 19.8. The molecule has 1 amide bonds. The lowest BCUT2D eigenvalue weighted by atomic mass is 10.1. The third-order valence-electron chi connectivity index (χ3n) is 4.49. The van der Waals surface area contributed by atoms with Crippen LogP contribution in [-0.4, -0.2) is 59.7 Å². The lowest BCUT2D eigenvalue weighted by Gasteiger charge is -2.26. The molecular formula is C20H25N3O4S. The molecule has 150 valence electrons. The SMILES string of the molecule is O=C(O)CCCNC(=O)Cc1csc(-c2ccc(CN3CCOCC3)cc2)n1. The fourth-order valence-corrected chi connectivity index (χ4v) is 3.81. The summed E-state index contributed by atoms with van der Waals surface area (Å²) in [5.74, 6) is -0.988. The van der Waals surface area contributed by atoms with Crippen molar-refractivity contribution in [1.29, 1.82) is 0 Å². The summed E-state index contributed by atoms with van der Waals surface area (Å²) in [5, 5.41) is 14.1. The number of carboxylic acid groups (broad SMARTS) is 1. The number of aromatic nitrogens is 1. The second-order valence-corrected chi connectivity index (χ2v) is 7.61. The zero-order valence-corrected chi connectivity index (χ0v) is 16.5. The highest BCUT2D eigenvalue weighted by Crippen LogP contribution is 2.24. The summed E-state index contributed by atoms with van der Waals surface area (Å²) in [5.41, 5.74) is 3.04. The van der Waals surface area contributed by atoms with Gasteiger partial charge in [0.1, 0.15) is 5.01 Å². The van der Waals surface area contributed by atoms with Crippen LogP contribution in [0.2, 0.25) is 0 Å². The van der Waals surface area contributed by atoms with Crippen LogP contribution in [0.25, 0.3) is 10.6 Å². The second kappa shape index (κ2) is 10.3. The van der Waals surface area contributed by atoms with Gasteiger partial charge in [0, 0.05) is 43.5 Å². The Balaban J connectivity index is 1.49. The Hall–Kier alpha value is -2.29. The summed E-state index contributed by atoms with van der Waals surface area (Å²) in [6.07, 6.45) is 0.696. The molecule has 0 atom stereocenters. The van der Waals surface area contributed by atoms with E-state index in [9.17, 15) is 9.59 Å². The normalized spacial score (nSPS) is 14.7. The van der Waals surface area contributed by atoms with E-state index in [1.807, 2.05) is 5.38 Å². The Kier molecular flexibility index (Phi) is 7.53. The van der Waals surface area contributed by atoms with Crippen molar-refractivity contribution >= 4 is 23.2 Å². The number of amides is 1. The maximum atomic E-state index is 11.9. The van der Waals surface area contributed by atoms with Crippen LogP contribution < -0.4 is 5.32 Å². The van der Waals surface area contributed by atoms with E-state index in [2.05, 4.69) is 39.5 Å². The van der Waals surface area contributed by atoms with Crippen LogP contribution >= 0.6 is 11.3 Å². The van der Waals surface area contributed by atoms with Gasteiger partial charge in [0.05, 0.1) is 25.3 Å². The van der Waals surface area contributed by atoms with Gasteiger partial charge in [-0.15, -0.1) is 11.3 Å². The topological polar surface area (TPSA) is 91.8 Å². The van der Waals surface area contributed by atoms with Crippen LogP contribution in [0.1, 0.15) is 24.1 Å². The minimum Gasteiger partial charge on any atom is -0.481 e. The molecule has 1 aromatic heterocycles. The fraction of sp³-hybridized carbons (Fsp3) is 0.450. The summed E-state index contributed by atoms with van der Waals surface area (Å²) >= 11 is 1.52. The molecule has 0 aliphatic carbocycles. The average molecular weight is 404 g/mol. The molecule has 1 aromatic carbocycles. The average Bonchev–Trinajstić information content (AvgIpc) is 3.15. The number of carbonyl (C=O) groups excluding carboxylic acids is 1. The van der Waals surface area contributed by atoms with Crippen molar-refractivity contribution in [2.24, 2.45) is 0 Å². The van der Waals surface area contributed by atoms with E-state index in [0.29, 0.717) is 13.0 Å².